The summed E-state index contributed by atoms with van der Waals surface area (Å²) in [4.78, 5) is 8.40. The van der Waals surface area contributed by atoms with Crippen molar-refractivity contribution in [1.29, 1.82) is 5.26 Å². The van der Waals surface area contributed by atoms with Gasteiger partial charge in [-0.3, -0.25) is 0 Å². The summed E-state index contributed by atoms with van der Waals surface area (Å²) < 4.78 is 13.5. The standard InChI is InChI=1S/C21H23N5O2/c1-14(2)18-11-16(17(12-22)21(23)25-18)15-5-4-6-19(27-3)20(15)28-10-9-26-8-7-24-13-26/h4-8,11,13-14H,9-10H2,1-3H3,(H2,23,25). The molecule has 2 N–H and O–H groups in total. The highest BCUT2D eigenvalue weighted by Gasteiger charge is 2.19. The van der Waals surface area contributed by atoms with Gasteiger partial charge in [-0.2, -0.15) is 5.26 Å². The zero-order valence-electron chi connectivity index (χ0n) is 16.2. The second-order valence-corrected chi connectivity index (χ2v) is 6.61. The monoisotopic (exact) mass is 377 g/mol. The molecule has 0 aliphatic rings. The zero-order chi connectivity index (χ0) is 20.1. The van der Waals surface area contributed by atoms with Gasteiger partial charge in [0.2, 0.25) is 0 Å². The maximum atomic E-state index is 9.66. The van der Waals surface area contributed by atoms with E-state index in [0.29, 0.717) is 35.8 Å². The van der Waals surface area contributed by atoms with Crippen LogP contribution in [0.4, 0.5) is 5.82 Å². The molecule has 2 heterocycles. The number of nitrogens with zero attached hydrogens (tertiary/aromatic N) is 4. The van der Waals surface area contributed by atoms with E-state index in [9.17, 15) is 5.26 Å². The van der Waals surface area contributed by atoms with E-state index in [1.165, 1.54) is 0 Å². The molecule has 0 fully saturated rings. The molecule has 0 aliphatic heterocycles. The molecule has 7 heteroatoms. The number of nitriles is 1. The smallest absolute Gasteiger partial charge is 0.169 e. The number of anilines is 1. The van der Waals surface area contributed by atoms with Crippen LogP contribution in [0.15, 0.2) is 43.0 Å². The van der Waals surface area contributed by atoms with Crippen LogP contribution in [-0.4, -0.2) is 28.3 Å². The van der Waals surface area contributed by atoms with Crippen LogP contribution in [0.2, 0.25) is 0 Å². The Balaban J connectivity index is 2.05. The Kier molecular flexibility index (Phi) is 5.80. The van der Waals surface area contributed by atoms with Crippen LogP contribution < -0.4 is 15.2 Å². The molecule has 7 nitrogen and oxygen atoms in total. The third-order valence-corrected chi connectivity index (χ3v) is 4.41. The predicted octanol–water partition coefficient (Wildman–Crippen LogP) is 3.61. The SMILES string of the molecule is COc1cccc(-c2cc(C(C)C)nc(N)c2C#N)c1OCCn1ccnc1. The summed E-state index contributed by atoms with van der Waals surface area (Å²) in [5, 5.41) is 9.66. The normalized spacial score (nSPS) is 10.7. The molecule has 0 saturated carbocycles. The molecule has 0 spiro atoms. The average Bonchev–Trinajstić information content (AvgIpc) is 3.20. The van der Waals surface area contributed by atoms with Crippen LogP contribution in [0.5, 0.6) is 11.5 Å². The van der Waals surface area contributed by atoms with Gasteiger partial charge in [0.15, 0.2) is 11.5 Å². The van der Waals surface area contributed by atoms with Crippen molar-refractivity contribution >= 4 is 5.82 Å². The maximum Gasteiger partial charge on any atom is 0.169 e. The van der Waals surface area contributed by atoms with Gasteiger partial charge in [-0.15, -0.1) is 0 Å². The number of hydrogen-bond donors (Lipinski definition) is 1. The molecule has 0 bridgehead atoms. The molecule has 0 amide bonds. The number of rotatable bonds is 7. The first-order valence-electron chi connectivity index (χ1n) is 9.01. The van der Waals surface area contributed by atoms with Crippen LogP contribution in [0.3, 0.4) is 0 Å². The van der Waals surface area contributed by atoms with Crippen molar-refractivity contribution in [2.45, 2.75) is 26.3 Å². The van der Waals surface area contributed by atoms with Crippen molar-refractivity contribution in [1.82, 2.24) is 14.5 Å². The minimum absolute atomic E-state index is 0.171. The minimum atomic E-state index is 0.171. The number of nitrogens with two attached hydrogens (primary N) is 1. The largest absolute Gasteiger partial charge is 0.493 e. The summed E-state index contributed by atoms with van der Waals surface area (Å²) >= 11 is 0. The van der Waals surface area contributed by atoms with Gasteiger partial charge in [0, 0.05) is 29.2 Å². The fraction of sp³-hybridized carbons (Fsp3) is 0.286. The number of para-hydroxylation sites is 1. The third-order valence-electron chi connectivity index (χ3n) is 4.41. The van der Waals surface area contributed by atoms with E-state index in [0.717, 1.165) is 11.3 Å². The Hall–Kier alpha value is -3.53. The fourth-order valence-electron chi connectivity index (χ4n) is 2.92. The van der Waals surface area contributed by atoms with Gasteiger partial charge >= 0.3 is 0 Å². The number of pyridine rings is 1. The van der Waals surface area contributed by atoms with Gasteiger partial charge < -0.3 is 19.8 Å². The van der Waals surface area contributed by atoms with Crippen LogP contribution >= 0.6 is 0 Å². The van der Waals surface area contributed by atoms with E-state index in [-0.39, 0.29) is 11.7 Å². The van der Waals surface area contributed by atoms with Crippen molar-refractivity contribution in [3.05, 3.63) is 54.2 Å². The lowest BCUT2D eigenvalue weighted by Gasteiger charge is -2.18. The van der Waals surface area contributed by atoms with Crippen molar-refractivity contribution in [3.8, 4) is 28.7 Å². The molecule has 1 aromatic carbocycles. The molecule has 144 valence electrons. The Morgan fingerprint density at radius 1 is 1.29 bits per heavy atom. The number of hydrogen-bond acceptors (Lipinski definition) is 6. The zero-order valence-corrected chi connectivity index (χ0v) is 16.2. The van der Waals surface area contributed by atoms with Gasteiger partial charge in [-0.05, 0) is 18.1 Å². The van der Waals surface area contributed by atoms with Crippen LogP contribution in [-0.2, 0) is 6.54 Å². The minimum Gasteiger partial charge on any atom is -0.493 e. The molecule has 3 rings (SSSR count). The van der Waals surface area contributed by atoms with Gasteiger partial charge in [0.25, 0.3) is 0 Å². The molecule has 0 radical (unpaired) electrons. The summed E-state index contributed by atoms with van der Waals surface area (Å²) in [5.74, 6) is 1.55. The lowest BCUT2D eigenvalue weighted by molar-refractivity contribution is 0.281. The maximum absolute atomic E-state index is 9.66. The van der Waals surface area contributed by atoms with Crippen molar-refractivity contribution in [2.75, 3.05) is 19.5 Å². The molecular weight excluding hydrogens is 354 g/mol. The van der Waals surface area contributed by atoms with Crippen molar-refractivity contribution in [2.24, 2.45) is 0 Å². The van der Waals surface area contributed by atoms with Crippen molar-refractivity contribution < 1.29 is 9.47 Å². The molecular formula is C21H23N5O2. The Labute approximate surface area is 164 Å². The highest BCUT2D eigenvalue weighted by Crippen LogP contribution is 2.41. The number of benzene rings is 1. The van der Waals surface area contributed by atoms with E-state index in [1.54, 1.807) is 19.6 Å². The van der Waals surface area contributed by atoms with Crippen LogP contribution in [0.1, 0.15) is 31.0 Å². The summed E-state index contributed by atoms with van der Waals surface area (Å²) in [5.41, 5.74) is 8.66. The number of methoxy groups -OCH3 is 1. The van der Waals surface area contributed by atoms with E-state index < -0.39 is 0 Å². The molecule has 0 unspecified atom stereocenters. The summed E-state index contributed by atoms with van der Waals surface area (Å²) in [6, 6.07) is 9.67. The Bertz CT molecular complexity index is 991. The summed E-state index contributed by atoms with van der Waals surface area (Å²) in [7, 11) is 1.59. The van der Waals surface area contributed by atoms with E-state index >= 15 is 0 Å². The fourth-order valence-corrected chi connectivity index (χ4v) is 2.92. The number of nitrogen functional groups attached to an aromatic ring is 1. The van der Waals surface area contributed by atoms with Gasteiger partial charge in [0.05, 0.1) is 20.0 Å². The van der Waals surface area contributed by atoms with Crippen LogP contribution in [0.25, 0.3) is 11.1 Å². The number of imidazole rings is 1. The second-order valence-electron chi connectivity index (χ2n) is 6.61. The topological polar surface area (TPSA) is 99.0 Å². The number of aromatic nitrogens is 3. The predicted molar refractivity (Wildman–Crippen MR) is 107 cm³/mol. The first-order valence-corrected chi connectivity index (χ1v) is 9.01. The van der Waals surface area contributed by atoms with Crippen molar-refractivity contribution in [3.63, 3.8) is 0 Å². The van der Waals surface area contributed by atoms with Gasteiger partial charge in [-0.1, -0.05) is 26.0 Å². The molecule has 0 aliphatic carbocycles. The molecule has 2 aromatic heterocycles. The molecule has 3 aromatic rings. The molecule has 0 atom stereocenters. The highest BCUT2D eigenvalue weighted by atomic mass is 16.5. The first kappa shape index (κ1) is 19.2. The Morgan fingerprint density at radius 2 is 2.11 bits per heavy atom. The lowest BCUT2D eigenvalue weighted by Crippen LogP contribution is -2.09. The molecule has 0 saturated heterocycles. The quantitative estimate of drug-likeness (QED) is 0.675. The third kappa shape index (κ3) is 3.91. The Morgan fingerprint density at radius 3 is 2.75 bits per heavy atom. The molecule has 28 heavy (non-hydrogen) atoms. The summed E-state index contributed by atoms with van der Waals surface area (Å²) in [6.45, 7) is 5.12. The average molecular weight is 377 g/mol. The highest BCUT2D eigenvalue weighted by molar-refractivity contribution is 5.81. The first-order chi connectivity index (χ1) is 13.5. The van der Waals surface area contributed by atoms with E-state index in [4.69, 9.17) is 15.2 Å². The lowest BCUT2D eigenvalue weighted by atomic mass is 9.96. The second kappa shape index (κ2) is 8.44. The van der Waals surface area contributed by atoms with E-state index in [1.807, 2.05) is 48.9 Å². The van der Waals surface area contributed by atoms with Gasteiger partial charge in [-0.25, -0.2) is 9.97 Å². The van der Waals surface area contributed by atoms with E-state index in [2.05, 4.69) is 16.0 Å². The van der Waals surface area contributed by atoms with Gasteiger partial charge in [0.1, 0.15) is 24.1 Å². The van der Waals surface area contributed by atoms with Crippen LogP contribution in [0, 0.1) is 11.3 Å². The number of ether oxygens (including phenoxy) is 2. The summed E-state index contributed by atoms with van der Waals surface area (Å²) in [6.07, 6.45) is 5.33.